The Hall–Kier alpha value is -6.19. The van der Waals surface area contributed by atoms with Crippen LogP contribution in [0.15, 0.2) is 72.1 Å². The van der Waals surface area contributed by atoms with E-state index in [1.807, 2.05) is 25.3 Å². The summed E-state index contributed by atoms with van der Waals surface area (Å²) in [5.41, 5.74) is 1.37. The number of allylic oxidation sites excluding steroid dienone is 4. The summed E-state index contributed by atoms with van der Waals surface area (Å²) in [6, 6.07) is 4.07. The van der Waals surface area contributed by atoms with Gasteiger partial charge in [0.05, 0.1) is 56.5 Å². The van der Waals surface area contributed by atoms with Crippen molar-refractivity contribution in [3.8, 4) is 23.0 Å². The van der Waals surface area contributed by atoms with Crippen LogP contribution in [0.25, 0.3) is 0 Å². The molecule has 2 aromatic carbocycles. The maximum atomic E-state index is 13.5. The molecule has 2 aromatic rings. The van der Waals surface area contributed by atoms with Gasteiger partial charge in [-0.2, -0.15) is 0 Å². The average molecular weight is 723 g/mol. The van der Waals surface area contributed by atoms with Gasteiger partial charge in [0.1, 0.15) is 11.6 Å². The number of carbonyl (C=O) groups excluding carboxylic acids is 3. The second-order valence-electron chi connectivity index (χ2n) is 11.3. The second-order valence-corrected chi connectivity index (χ2v) is 11.3. The zero-order chi connectivity index (χ0) is 38.4. The summed E-state index contributed by atoms with van der Waals surface area (Å²) in [6.07, 6.45) is 13.2. The van der Waals surface area contributed by atoms with Gasteiger partial charge in [-0.25, -0.2) is 4.79 Å². The molecule has 16 heteroatoms. The highest BCUT2D eigenvalue weighted by Gasteiger charge is 2.38. The third kappa shape index (κ3) is 10.2. The van der Waals surface area contributed by atoms with Crippen LogP contribution in [0.4, 0.5) is 11.4 Å². The van der Waals surface area contributed by atoms with Crippen molar-refractivity contribution < 1.29 is 47.9 Å². The first-order valence-corrected chi connectivity index (χ1v) is 16.2. The van der Waals surface area contributed by atoms with E-state index in [1.54, 1.807) is 30.9 Å². The second kappa shape index (κ2) is 19.3. The Morgan fingerprint density at radius 1 is 0.846 bits per heavy atom. The molecule has 0 N–H and O–H groups in total. The lowest BCUT2D eigenvalue weighted by atomic mass is 10.1. The summed E-state index contributed by atoms with van der Waals surface area (Å²) in [5, 5.41) is 23.2. The Morgan fingerprint density at radius 3 is 1.94 bits per heavy atom. The molecule has 0 aliphatic carbocycles. The molecule has 0 bridgehead atoms. The lowest BCUT2D eigenvalue weighted by Gasteiger charge is -2.22. The molecular weight excluding hydrogens is 680 g/mol. The van der Waals surface area contributed by atoms with E-state index in [1.165, 1.54) is 51.3 Å². The minimum absolute atomic E-state index is 0.0143. The summed E-state index contributed by atoms with van der Waals surface area (Å²) in [4.78, 5) is 60.8. The van der Waals surface area contributed by atoms with Crippen molar-refractivity contribution in [1.29, 1.82) is 0 Å². The molecule has 0 radical (unpaired) electrons. The zero-order valence-corrected chi connectivity index (χ0v) is 29.9. The molecule has 0 aromatic heterocycles. The Balaban J connectivity index is 0.000000626. The van der Waals surface area contributed by atoms with Crippen molar-refractivity contribution in [2.75, 3.05) is 41.1 Å². The van der Waals surface area contributed by atoms with E-state index in [0.29, 0.717) is 16.9 Å². The first-order valence-electron chi connectivity index (χ1n) is 16.2. The Kier molecular flexibility index (Phi) is 14.9. The molecule has 0 saturated carbocycles. The van der Waals surface area contributed by atoms with Gasteiger partial charge >= 0.3 is 5.97 Å². The van der Waals surface area contributed by atoms with E-state index in [2.05, 4.69) is 0 Å². The van der Waals surface area contributed by atoms with Gasteiger partial charge in [0.15, 0.2) is 23.0 Å². The third-order valence-electron chi connectivity index (χ3n) is 7.86. The normalized spacial score (nSPS) is 15.1. The Bertz CT molecular complexity index is 1780. The standard InChI is InChI=1S/C28H31N3O11.C8H11NO/c1-6-8-18-12-22(28(33)40-5)29(16-18)27(32)19-13-24(39-4)26(15-21(19)31(36)37)42-10-7-9-41-25-14-20(30(34)35)17(2)11-23(25)38-3;1-2-3-8-4-5-9(6-8)7-10/h6,8,11,13-16,22H,7,9-10,12H2,1-5H3;2-3,6-7H,4-5H2,1H3/b8-6+;3-2+. The number of aryl methyl sites for hydroxylation is 1. The minimum atomic E-state index is -0.983. The van der Waals surface area contributed by atoms with Crippen LogP contribution in [0.1, 0.15) is 49.0 Å². The Morgan fingerprint density at radius 2 is 1.42 bits per heavy atom. The van der Waals surface area contributed by atoms with E-state index >= 15 is 0 Å². The molecule has 4 rings (SSSR count). The topological polar surface area (TPSA) is 190 Å². The molecule has 16 nitrogen and oxygen atoms in total. The van der Waals surface area contributed by atoms with Crippen LogP contribution in [0.3, 0.4) is 0 Å². The number of nitro benzene ring substituents is 2. The predicted octanol–water partition coefficient (Wildman–Crippen LogP) is 5.83. The van der Waals surface area contributed by atoms with Crippen molar-refractivity contribution in [3.63, 3.8) is 0 Å². The Labute approximate surface area is 300 Å². The number of rotatable bonds is 15. The lowest BCUT2D eigenvalue weighted by Crippen LogP contribution is -2.39. The summed E-state index contributed by atoms with van der Waals surface area (Å²) in [5.74, 6) is -0.848. The van der Waals surface area contributed by atoms with Crippen LogP contribution < -0.4 is 18.9 Å². The third-order valence-corrected chi connectivity index (χ3v) is 7.86. The smallest absolute Gasteiger partial charge is 0.329 e. The fourth-order valence-electron chi connectivity index (χ4n) is 5.35. The van der Waals surface area contributed by atoms with Gasteiger partial charge in [-0.05, 0) is 44.4 Å². The molecule has 1 atom stereocenters. The monoisotopic (exact) mass is 722 g/mol. The molecule has 0 fully saturated rings. The zero-order valence-electron chi connectivity index (χ0n) is 29.9. The van der Waals surface area contributed by atoms with E-state index in [0.717, 1.165) is 30.3 Å². The van der Waals surface area contributed by atoms with Crippen molar-refractivity contribution in [1.82, 2.24) is 9.80 Å². The van der Waals surface area contributed by atoms with Gasteiger partial charge in [0, 0.05) is 43.4 Å². The van der Waals surface area contributed by atoms with Crippen molar-refractivity contribution in [2.45, 2.75) is 46.1 Å². The van der Waals surface area contributed by atoms with Crippen molar-refractivity contribution >= 4 is 29.7 Å². The largest absolute Gasteiger partial charge is 0.493 e. The summed E-state index contributed by atoms with van der Waals surface area (Å²) < 4.78 is 26.8. The van der Waals surface area contributed by atoms with Crippen LogP contribution in [-0.4, -0.2) is 85.1 Å². The van der Waals surface area contributed by atoms with Gasteiger partial charge in [-0.1, -0.05) is 24.3 Å². The molecule has 0 saturated heterocycles. The number of hydrogen-bond donors (Lipinski definition) is 0. The lowest BCUT2D eigenvalue weighted by molar-refractivity contribution is -0.385. The number of amides is 2. The van der Waals surface area contributed by atoms with Crippen LogP contribution in [0, 0.1) is 27.2 Å². The first-order chi connectivity index (χ1) is 24.9. The van der Waals surface area contributed by atoms with Crippen LogP contribution in [-0.2, 0) is 14.3 Å². The number of carbonyl (C=O) groups is 3. The maximum absolute atomic E-state index is 13.5. The van der Waals surface area contributed by atoms with E-state index in [-0.39, 0.29) is 54.6 Å². The van der Waals surface area contributed by atoms with Crippen LogP contribution >= 0.6 is 0 Å². The number of esters is 1. The van der Waals surface area contributed by atoms with Gasteiger partial charge in [-0.15, -0.1) is 0 Å². The quantitative estimate of drug-likeness (QED) is 0.0704. The number of hydrogen-bond acceptors (Lipinski definition) is 12. The fraction of sp³-hybridized carbons (Fsp3) is 0.361. The maximum Gasteiger partial charge on any atom is 0.329 e. The predicted molar refractivity (Wildman–Crippen MR) is 189 cm³/mol. The molecule has 52 heavy (non-hydrogen) atoms. The van der Waals surface area contributed by atoms with Crippen LogP contribution in [0.5, 0.6) is 23.0 Å². The van der Waals surface area contributed by atoms with Crippen LogP contribution in [0.2, 0.25) is 0 Å². The highest BCUT2D eigenvalue weighted by molar-refractivity contribution is 6.02. The number of methoxy groups -OCH3 is 3. The summed E-state index contributed by atoms with van der Waals surface area (Å²) in [6.45, 7) is 6.30. The van der Waals surface area contributed by atoms with E-state index < -0.39 is 33.5 Å². The number of ether oxygens (including phenoxy) is 5. The first kappa shape index (κ1) is 40.2. The molecule has 1 unspecified atom stereocenters. The molecule has 2 aliphatic heterocycles. The van der Waals surface area contributed by atoms with Gasteiger partial charge < -0.3 is 28.6 Å². The molecule has 2 aliphatic rings. The molecule has 2 heterocycles. The summed E-state index contributed by atoms with van der Waals surface area (Å²) >= 11 is 0. The fourth-order valence-corrected chi connectivity index (χ4v) is 5.35. The summed E-state index contributed by atoms with van der Waals surface area (Å²) in [7, 11) is 3.93. The minimum Gasteiger partial charge on any atom is -0.493 e. The number of nitro groups is 2. The number of benzene rings is 2. The van der Waals surface area contributed by atoms with Gasteiger partial charge in [0.2, 0.25) is 6.41 Å². The number of nitrogens with zero attached hydrogens (tertiary/aromatic N) is 4. The van der Waals surface area contributed by atoms with E-state index in [9.17, 15) is 34.6 Å². The molecule has 0 spiro atoms. The van der Waals surface area contributed by atoms with E-state index in [4.69, 9.17) is 23.7 Å². The SMILES string of the molecule is C/C=C/C1=CN(C(=O)c2cc(OC)c(OCCCOc3cc([N+](=O)[O-])c(C)cc3OC)cc2[N+](=O)[O-])C(C(=O)OC)C1.C/C=C/C1=CN(C=O)CC1. The highest BCUT2D eigenvalue weighted by atomic mass is 16.6. The van der Waals surface area contributed by atoms with Crippen molar-refractivity contribution in [2.24, 2.45) is 0 Å². The average Bonchev–Trinajstić information content (AvgIpc) is 3.78. The van der Waals surface area contributed by atoms with Gasteiger partial charge in [0.25, 0.3) is 17.3 Å². The van der Waals surface area contributed by atoms with Crippen molar-refractivity contribution in [3.05, 3.63) is 103 Å². The molecular formula is C36H42N4O12. The molecule has 278 valence electrons. The van der Waals surface area contributed by atoms with Gasteiger partial charge in [-0.3, -0.25) is 34.7 Å². The highest BCUT2D eigenvalue weighted by Crippen LogP contribution is 2.38. The molecule has 2 amide bonds.